The molecule has 3 aliphatic rings. The van der Waals surface area contributed by atoms with Crippen molar-refractivity contribution in [3.63, 3.8) is 0 Å². The van der Waals surface area contributed by atoms with Gasteiger partial charge < -0.3 is 50.1 Å². The Morgan fingerprint density at radius 1 is 1.10 bits per heavy atom. The largest absolute Gasteiger partial charge is 0.458 e. The van der Waals surface area contributed by atoms with E-state index in [-0.39, 0.29) is 24.2 Å². The van der Waals surface area contributed by atoms with E-state index in [0.29, 0.717) is 63.1 Å². The minimum atomic E-state index is -1.28. The van der Waals surface area contributed by atoms with Crippen molar-refractivity contribution in [2.24, 2.45) is 17.8 Å². The highest BCUT2D eigenvalue weighted by Gasteiger charge is 2.59. The van der Waals surface area contributed by atoms with Gasteiger partial charge in [0.2, 0.25) is 0 Å². The van der Waals surface area contributed by atoms with Gasteiger partial charge in [-0.2, -0.15) is 0 Å². The number of nitrogens with two attached hydrogens (primary N) is 1. The maximum Gasteiger partial charge on any atom is 0.410 e. The summed E-state index contributed by atoms with van der Waals surface area (Å²) in [4.78, 5) is 67.3. The molecule has 3 aromatic rings. The molecule has 3 fully saturated rings. The summed E-state index contributed by atoms with van der Waals surface area (Å²) in [6.07, 6.45) is 3.04. The minimum Gasteiger partial charge on any atom is -0.458 e. The third-order valence-corrected chi connectivity index (χ3v) is 14.0. The minimum absolute atomic E-state index is 0.0809. The number of ether oxygens (including phenoxy) is 5. The van der Waals surface area contributed by atoms with Crippen LogP contribution in [0.15, 0.2) is 49.1 Å². The number of likely N-dealkylation sites (N-methyl/N-ethyl adjacent to an activating group) is 1. The lowest BCUT2D eigenvalue weighted by molar-refractivity contribution is -0.296. The van der Waals surface area contributed by atoms with E-state index >= 15 is 0 Å². The number of unbranched alkanes of at least 4 members (excludes halogenated alkanes) is 1. The highest BCUT2D eigenvalue weighted by molar-refractivity contribution is 6.00. The lowest BCUT2D eigenvalue weighted by Crippen LogP contribution is -2.61. The van der Waals surface area contributed by atoms with E-state index in [0.717, 1.165) is 5.56 Å². The smallest absolute Gasteiger partial charge is 0.410 e. The average molecular weight is 949 g/mol. The van der Waals surface area contributed by atoms with Crippen molar-refractivity contribution < 1.29 is 48.0 Å². The Hall–Kier alpha value is -5.12. The number of aryl methyl sites for hydroxylation is 1. The number of Topliss-reactive ketones (excluding diaryl/α,β-unsaturated/α-hetero) is 1. The van der Waals surface area contributed by atoms with Crippen LogP contribution >= 0.6 is 0 Å². The number of fused-ring (bicyclic) bond motifs is 1. The zero-order chi connectivity index (χ0) is 49.5. The van der Waals surface area contributed by atoms with Crippen molar-refractivity contribution in [1.82, 2.24) is 45.4 Å². The summed E-state index contributed by atoms with van der Waals surface area (Å²) in [6.45, 7) is 14.2. The van der Waals surface area contributed by atoms with Crippen LogP contribution in [0.1, 0.15) is 91.1 Å². The molecule has 1 aromatic carbocycles. The van der Waals surface area contributed by atoms with Gasteiger partial charge in [0.25, 0.3) is 5.91 Å². The van der Waals surface area contributed by atoms with Crippen molar-refractivity contribution in [3.8, 4) is 11.3 Å². The summed E-state index contributed by atoms with van der Waals surface area (Å²) in [5, 5.41) is 26.9. The third-order valence-electron chi connectivity index (χ3n) is 14.0. The van der Waals surface area contributed by atoms with Crippen molar-refractivity contribution in [3.05, 3.63) is 54.7 Å². The molecule has 3 unspecified atom stereocenters. The van der Waals surface area contributed by atoms with Gasteiger partial charge in [0.15, 0.2) is 17.7 Å². The third kappa shape index (κ3) is 11.8. The summed E-state index contributed by atoms with van der Waals surface area (Å²) < 4.78 is 33.7. The van der Waals surface area contributed by atoms with Crippen LogP contribution in [0.4, 0.5) is 10.5 Å². The topological polar surface area (TPSA) is 248 Å². The van der Waals surface area contributed by atoms with Crippen LogP contribution in [0, 0.1) is 17.8 Å². The monoisotopic (exact) mass is 949 g/mol. The number of rotatable bonds is 14. The number of carbonyl (C=O) groups excluding carboxylic acids is 4. The molecule has 3 aliphatic heterocycles. The zero-order valence-corrected chi connectivity index (χ0v) is 41.2. The van der Waals surface area contributed by atoms with Crippen LogP contribution in [-0.4, -0.2) is 164 Å². The van der Waals surface area contributed by atoms with Gasteiger partial charge in [0.05, 0.1) is 36.2 Å². The maximum absolute atomic E-state index is 14.6. The van der Waals surface area contributed by atoms with Crippen molar-refractivity contribution >= 4 is 29.4 Å². The van der Waals surface area contributed by atoms with E-state index in [1.807, 2.05) is 70.2 Å². The summed E-state index contributed by atoms with van der Waals surface area (Å²) in [6, 6.07) is 6.11. The summed E-state index contributed by atoms with van der Waals surface area (Å²) in [5.74, 6) is -3.99. The van der Waals surface area contributed by atoms with Crippen molar-refractivity contribution in [2.75, 3.05) is 46.6 Å². The average Bonchev–Trinajstić information content (AvgIpc) is 3.90. The fourth-order valence-electron chi connectivity index (χ4n) is 10.2. The Kier molecular flexibility index (Phi) is 17.3. The number of amides is 2. The Balaban J connectivity index is 1.21. The molecule has 0 spiro atoms. The SMILES string of the molecule is CC[C@H]1OC(=O)[C@H](C)C(=O)[C@H](C)[C@@H](O[C@@H]2OC(CNC(=O)c3cnccn3)CC(N(C)C)C2O)[C@](C)(OC)C[C@@H](C)CN[C@H](C)[C@H]2N(CCCCn3cc(-c4cccc(N)c4)nn3)C(=O)O[C@]12C. The van der Waals surface area contributed by atoms with Crippen LogP contribution in [0.25, 0.3) is 11.3 Å². The van der Waals surface area contributed by atoms with Crippen LogP contribution in [0.2, 0.25) is 0 Å². The van der Waals surface area contributed by atoms with Gasteiger partial charge in [-0.25, -0.2) is 9.78 Å². The molecule has 5 heterocycles. The summed E-state index contributed by atoms with van der Waals surface area (Å²) in [7, 11) is 5.22. The van der Waals surface area contributed by atoms with E-state index < -0.39 is 89.6 Å². The number of benzene rings is 1. The predicted octanol–water partition coefficient (Wildman–Crippen LogP) is 3.48. The van der Waals surface area contributed by atoms with E-state index in [9.17, 15) is 24.3 Å². The standard InChI is InChI=1S/C48H72N10O10/c1-11-38-48(7)41(58(46(63)68-48)20-13-12-19-57-27-36(54-55-57)32-15-14-16-33(49)21-32)31(5)52-24-28(2)23-47(6,64-10)42(29(3)39(59)30(4)44(62)66-38)67-45-40(60)37(56(8)9)22-34(65-45)25-53-43(61)35-26-50-17-18-51-35/h14-18,21,26-31,34,37-38,40-42,45,52,60H,11-13,19-20,22-25,49H2,1-10H3,(H,53,61)/t28-,29+,30-,31-,34?,37?,38-,40?,41-,42-,45+,47-,48-/m1/s1. The van der Waals surface area contributed by atoms with E-state index in [4.69, 9.17) is 29.4 Å². The Labute approximate surface area is 399 Å². The van der Waals surface area contributed by atoms with Crippen molar-refractivity contribution in [2.45, 2.75) is 147 Å². The molecule has 68 heavy (non-hydrogen) atoms. The Morgan fingerprint density at radius 2 is 1.85 bits per heavy atom. The Morgan fingerprint density at radius 3 is 2.53 bits per heavy atom. The number of carbonyl (C=O) groups is 4. The number of aliphatic hydroxyl groups excluding tert-OH is 1. The highest BCUT2D eigenvalue weighted by atomic mass is 16.7. The van der Waals surface area contributed by atoms with Gasteiger partial charge in [-0.1, -0.05) is 38.1 Å². The molecular formula is C48H72N10O10. The van der Waals surface area contributed by atoms with Gasteiger partial charge in [-0.3, -0.25) is 28.9 Å². The lowest BCUT2D eigenvalue weighted by Gasteiger charge is -2.47. The molecule has 0 bridgehead atoms. The fraction of sp³-hybridized carbons (Fsp3) is 0.667. The molecule has 0 saturated carbocycles. The number of hydrogen-bond donors (Lipinski definition) is 4. The lowest BCUT2D eigenvalue weighted by atomic mass is 9.78. The molecular weight excluding hydrogens is 877 g/mol. The summed E-state index contributed by atoms with van der Waals surface area (Å²) in [5.41, 5.74) is 5.90. The van der Waals surface area contributed by atoms with Gasteiger partial charge in [-0.05, 0) is 98.5 Å². The number of nitrogen functional groups attached to an aromatic ring is 1. The number of aliphatic hydroxyl groups is 1. The van der Waals surface area contributed by atoms with Gasteiger partial charge >= 0.3 is 12.1 Å². The van der Waals surface area contributed by atoms with Gasteiger partial charge in [-0.15, -0.1) is 5.10 Å². The van der Waals surface area contributed by atoms with Gasteiger partial charge in [0.1, 0.15) is 29.5 Å². The van der Waals surface area contributed by atoms with Crippen LogP contribution in [0.3, 0.4) is 0 Å². The number of nitrogens with one attached hydrogen (secondary N) is 2. The van der Waals surface area contributed by atoms with E-state index in [1.54, 1.807) is 30.5 Å². The quantitative estimate of drug-likeness (QED) is 0.0782. The molecule has 3 saturated heterocycles. The normalized spacial score (nSPS) is 33.0. The molecule has 6 rings (SSSR count). The van der Waals surface area contributed by atoms with E-state index in [1.165, 1.54) is 25.5 Å². The predicted molar refractivity (Wildman–Crippen MR) is 251 cm³/mol. The van der Waals surface area contributed by atoms with Crippen LogP contribution in [0.5, 0.6) is 0 Å². The fourth-order valence-corrected chi connectivity index (χ4v) is 10.2. The first-order chi connectivity index (χ1) is 32.3. The molecule has 2 aromatic heterocycles. The second kappa shape index (κ2) is 22.5. The van der Waals surface area contributed by atoms with Crippen LogP contribution in [-0.2, 0) is 39.8 Å². The first kappa shape index (κ1) is 52.3. The molecule has 374 valence electrons. The number of anilines is 1. The molecule has 13 atom stereocenters. The van der Waals surface area contributed by atoms with E-state index in [2.05, 4.69) is 37.8 Å². The number of ketones is 1. The van der Waals surface area contributed by atoms with Crippen molar-refractivity contribution in [1.29, 1.82) is 0 Å². The molecule has 20 heteroatoms. The number of nitrogens with zero attached hydrogens (tertiary/aromatic N) is 7. The number of esters is 1. The summed E-state index contributed by atoms with van der Waals surface area (Å²) >= 11 is 0. The first-order valence-corrected chi connectivity index (χ1v) is 23.8. The second-order valence-electron chi connectivity index (χ2n) is 19.4. The molecule has 2 amide bonds. The molecule has 5 N–H and O–H groups in total. The zero-order valence-electron chi connectivity index (χ0n) is 41.2. The highest BCUT2D eigenvalue weighted by Crippen LogP contribution is 2.40. The number of aromatic nitrogens is 5. The number of methoxy groups -OCH3 is 1. The number of hydrogen-bond acceptors (Lipinski definition) is 17. The number of cyclic esters (lactones) is 1. The van der Waals surface area contributed by atoms with Gasteiger partial charge in [0, 0.05) is 68.4 Å². The molecule has 0 aliphatic carbocycles. The second-order valence-corrected chi connectivity index (χ2v) is 19.4. The van der Waals surface area contributed by atoms with Crippen LogP contribution < -0.4 is 16.4 Å². The first-order valence-electron chi connectivity index (χ1n) is 23.8. The maximum atomic E-state index is 14.6. The Bertz CT molecular complexity index is 2180. The molecule has 0 radical (unpaired) electrons. The molecule has 20 nitrogen and oxygen atoms in total.